The lowest BCUT2D eigenvalue weighted by atomic mass is 9.86. The van der Waals surface area contributed by atoms with Crippen LogP contribution in [0.1, 0.15) is 24.8 Å². The third kappa shape index (κ3) is 3.43. The Hall–Kier alpha value is -1.95. The van der Waals surface area contributed by atoms with Gasteiger partial charge >= 0.3 is 0 Å². The summed E-state index contributed by atoms with van der Waals surface area (Å²) in [6.07, 6.45) is 6.17. The third-order valence-corrected chi connectivity index (χ3v) is 5.57. The van der Waals surface area contributed by atoms with E-state index >= 15 is 0 Å². The largest absolute Gasteiger partial charge is 0.346 e. The molecule has 1 aromatic heterocycles. The molecule has 24 heavy (non-hydrogen) atoms. The molecule has 2 saturated heterocycles. The van der Waals surface area contributed by atoms with Crippen LogP contribution in [0.25, 0.3) is 0 Å². The Kier molecular flexibility index (Phi) is 4.85. The van der Waals surface area contributed by atoms with E-state index in [-0.39, 0.29) is 17.4 Å². The number of likely N-dealkylation sites (N-methyl/N-ethyl adjacent to an activating group) is 1. The first kappa shape index (κ1) is 16.9. The van der Waals surface area contributed by atoms with Gasteiger partial charge in [-0.25, -0.2) is 0 Å². The molecule has 0 aliphatic carbocycles. The highest BCUT2D eigenvalue weighted by Gasteiger charge is 2.42. The Bertz CT molecular complexity index is 606. The van der Waals surface area contributed by atoms with Crippen LogP contribution in [0.2, 0.25) is 0 Å². The average Bonchev–Trinajstić information content (AvgIpc) is 2.73. The number of carbonyl (C=O) groups excluding carboxylic acids is 2. The van der Waals surface area contributed by atoms with Crippen molar-refractivity contribution in [3.8, 4) is 0 Å². The zero-order chi connectivity index (χ0) is 17.2. The molecule has 130 valence electrons. The van der Waals surface area contributed by atoms with Crippen molar-refractivity contribution in [2.24, 2.45) is 0 Å². The van der Waals surface area contributed by atoms with Gasteiger partial charge in [0.1, 0.15) is 0 Å². The number of carbonyl (C=O) groups is 2. The molecule has 0 N–H and O–H groups in total. The fourth-order valence-electron chi connectivity index (χ4n) is 3.76. The maximum Gasteiger partial charge on any atom is 0.227 e. The van der Waals surface area contributed by atoms with Gasteiger partial charge in [0, 0.05) is 57.6 Å². The number of hydrogen-bond donors (Lipinski definition) is 0. The minimum Gasteiger partial charge on any atom is -0.346 e. The molecule has 2 amide bonds. The minimum atomic E-state index is -0.0801. The van der Waals surface area contributed by atoms with Crippen molar-refractivity contribution in [3.63, 3.8) is 0 Å². The van der Waals surface area contributed by atoms with Crippen molar-refractivity contribution in [3.05, 3.63) is 30.1 Å². The smallest absolute Gasteiger partial charge is 0.227 e. The van der Waals surface area contributed by atoms with Gasteiger partial charge in [0.2, 0.25) is 11.8 Å². The summed E-state index contributed by atoms with van der Waals surface area (Å²) < 4.78 is 0. The molecular formula is C18H26N4O2. The van der Waals surface area contributed by atoms with E-state index in [1.165, 1.54) is 0 Å². The number of amides is 2. The summed E-state index contributed by atoms with van der Waals surface area (Å²) in [4.78, 5) is 35.0. The summed E-state index contributed by atoms with van der Waals surface area (Å²) in [6.45, 7) is 3.08. The molecule has 2 fully saturated rings. The quantitative estimate of drug-likeness (QED) is 0.804. The summed E-state index contributed by atoms with van der Waals surface area (Å²) in [7, 11) is 3.99. The zero-order valence-electron chi connectivity index (χ0n) is 14.6. The molecule has 1 aromatic rings. The van der Waals surface area contributed by atoms with Crippen LogP contribution in [0.15, 0.2) is 24.5 Å². The third-order valence-electron chi connectivity index (χ3n) is 5.57. The maximum atomic E-state index is 12.7. The second-order valence-corrected chi connectivity index (χ2v) is 7.06. The number of piperazine rings is 1. The number of pyridine rings is 1. The molecule has 6 heteroatoms. The summed E-state index contributed by atoms with van der Waals surface area (Å²) in [5.74, 6) is 0.360. The molecule has 0 bridgehead atoms. The van der Waals surface area contributed by atoms with Crippen molar-refractivity contribution >= 4 is 11.8 Å². The second kappa shape index (κ2) is 6.89. The fourth-order valence-corrected chi connectivity index (χ4v) is 3.76. The van der Waals surface area contributed by atoms with Crippen LogP contribution in [0.5, 0.6) is 0 Å². The van der Waals surface area contributed by atoms with Gasteiger partial charge in [0.05, 0.1) is 6.42 Å². The van der Waals surface area contributed by atoms with Gasteiger partial charge in [-0.2, -0.15) is 0 Å². The number of rotatable bonds is 2. The Balaban J connectivity index is 1.71. The molecule has 2 aliphatic rings. The summed E-state index contributed by atoms with van der Waals surface area (Å²) in [5, 5.41) is 0. The molecule has 0 unspecified atom stereocenters. The van der Waals surface area contributed by atoms with Gasteiger partial charge in [-0.05, 0) is 31.5 Å². The number of nitrogens with zero attached hydrogens (tertiary/aromatic N) is 4. The SMILES string of the molecule is CN1CC[C@@]2(CCC1=O)CN(C(=O)Cc1cccnc1)CCN2C. The van der Waals surface area contributed by atoms with E-state index in [2.05, 4.69) is 16.9 Å². The standard InChI is InChI=1S/C18H26N4O2/c1-20-9-7-18(6-5-16(20)23)14-22(11-10-21(18)2)17(24)12-15-4-3-8-19-13-15/h3-4,8,13H,5-7,9-12,14H2,1-2H3/t18-/m0/s1. The van der Waals surface area contributed by atoms with Gasteiger partial charge in [-0.15, -0.1) is 0 Å². The number of likely N-dealkylation sites (tertiary alicyclic amines) is 1. The van der Waals surface area contributed by atoms with E-state index < -0.39 is 0 Å². The maximum absolute atomic E-state index is 12.7. The Morgan fingerprint density at radius 2 is 2.08 bits per heavy atom. The van der Waals surface area contributed by atoms with Crippen LogP contribution >= 0.6 is 0 Å². The van der Waals surface area contributed by atoms with Crippen molar-refractivity contribution in [2.75, 3.05) is 40.3 Å². The van der Waals surface area contributed by atoms with Crippen molar-refractivity contribution in [1.82, 2.24) is 19.7 Å². The molecular weight excluding hydrogens is 304 g/mol. The highest BCUT2D eigenvalue weighted by molar-refractivity contribution is 5.79. The van der Waals surface area contributed by atoms with Gasteiger partial charge in [-0.1, -0.05) is 6.07 Å². The Morgan fingerprint density at radius 3 is 2.83 bits per heavy atom. The first-order chi connectivity index (χ1) is 11.5. The molecule has 1 spiro atoms. The first-order valence-corrected chi connectivity index (χ1v) is 8.62. The topological polar surface area (TPSA) is 56.8 Å². The molecule has 0 radical (unpaired) electrons. The van der Waals surface area contributed by atoms with Crippen molar-refractivity contribution < 1.29 is 9.59 Å². The van der Waals surface area contributed by atoms with Crippen LogP contribution in [-0.2, 0) is 16.0 Å². The monoisotopic (exact) mass is 330 g/mol. The Morgan fingerprint density at radius 1 is 1.25 bits per heavy atom. The predicted molar refractivity (Wildman–Crippen MR) is 91.4 cm³/mol. The summed E-state index contributed by atoms with van der Waals surface area (Å²) >= 11 is 0. The molecule has 0 aromatic carbocycles. The number of aromatic nitrogens is 1. The van der Waals surface area contributed by atoms with E-state index in [1.807, 2.05) is 29.0 Å². The van der Waals surface area contributed by atoms with Crippen LogP contribution in [0.3, 0.4) is 0 Å². The van der Waals surface area contributed by atoms with Crippen molar-refractivity contribution in [2.45, 2.75) is 31.2 Å². The fraction of sp³-hybridized carbons (Fsp3) is 0.611. The van der Waals surface area contributed by atoms with E-state index in [0.29, 0.717) is 19.4 Å². The average molecular weight is 330 g/mol. The number of hydrogen-bond acceptors (Lipinski definition) is 4. The highest BCUT2D eigenvalue weighted by atomic mass is 16.2. The molecule has 0 saturated carbocycles. The van der Waals surface area contributed by atoms with E-state index in [0.717, 1.165) is 38.0 Å². The molecule has 3 rings (SSSR count). The van der Waals surface area contributed by atoms with E-state index in [1.54, 1.807) is 12.4 Å². The normalized spacial score (nSPS) is 25.8. The first-order valence-electron chi connectivity index (χ1n) is 8.62. The lowest BCUT2D eigenvalue weighted by Crippen LogP contribution is -2.62. The predicted octanol–water partition coefficient (Wildman–Crippen LogP) is 0.779. The summed E-state index contributed by atoms with van der Waals surface area (Å²) in [6, 6.07) is 3.80. The van der Waals surface area contributed by atoms with E-state index in [9.17, 15) is 9.59 Å². The molecule has 6 nitrogen and oxygen atoms in total. The van der Waals surface area contributed by atoms with Gasteiger partial charge in [-0.3, -0.25) is 19.5 Å². The van der Waals surface area contributed by atoms with Crippen LogP contribution in [0.4, 0.5) is 0 Å². The van der Waals surface area contributed by atoms with Crippen LogP contribution in [-0.4, -0.2) is 77.3 Å². The zero-order valence-corrected chi connectivity index (χ0v) is 14.6. The van der Waals surface area contributed by atoms with Gasteiger partial charge < -0.3 is 9.80 Å². The summed E-state index contributed by atoms with van der Waals surface area (Å²) in [5.41, 5.74) is 0.870. The molecule has 1 atom stereocenters. The van der Waals surface area contributed by atoms with Gasteiger partial charge in [0.15, 0.2) is 0 Å². The lowest BCUT2D eigenvalue weighted by Gasteiger charge is -2.49. The minimum absolute atomic E-state index is 0.0801. The Labute approximate surface area is 143 Å². The molecule has 3 heterocycles. The van der Waals surface area contributed by atoms with E-state index in [4.69, 9.17) is 0 Å². The molecule has 2 aliphatic heterocycles. The van der Waals surface area contributed by atoms with Crippen LogP contribution in [0, 0.1) is 0 Å². The highest BCUT2D eigenvalue weighted by Crippen LogP contribution is 2.32. The van der Waals surface area contributed by atoms with Crippen molar-refractivity contribution in [1.29, 1.82) is 0 Å². The second-order valence-electron chi connectivity index (χ2n) is 7.06. The van der Waals surface area contributed by atoms with Crippen LogP contribution < -0.4 is 0 Å². The van der Waals surface area contributed by atoms with Gasteiger partial charge in [0.25, 0.3) is 0 Å². The lowest BCUT2D eigenvalue weighted by molar-refractivity contribution is -0.136.